The van der Waals surface area contributed by atoms with Crippen molar-refractivity contribution in [3.63, 3.8) is 0 Å². The van der Waals surface area contributed by atoms with E-state index < -0.39 is 24.4 Å². The molecule has 172 valence electrons. The van der Waals surface area contributed by atoms with E-state index in [1.807, 2.05) is 19.1 Å². The fraction of sp³-hybridized carbons (Fsp3) is 0.115. The van der Waals surface area contributed by atoms with Crippen LogP contribution in [0.5, 0.6) is 5.75 Å². The summed E-state index contributed by atoms with van der Waals surface area (Å²) in [6.45, 7) is 1.71. The summed E-state index contributed by atoms with van der Waals surface area (Å²) in [7, 11) is 0. The molecule has 1 aliphatic heterocycles. The molecule has 0 saturated carbocycles. The second kappa shape index (κ2) is 9.99. The summed E-state index contributed by atoms with van der Waals surface area (Å²) >= 11 is 0. The maximum Gasteiger partial charge on any atom is 0.329 e. The number of nitrogens with zero attached hydrogens (tertiary/aromatic N) is 1. The molecule has 1 heterocycles. The average molecular weight is 459 g/mol. The molecular weight excluding hydrogens is 437 g/mol. The van der Waals surface area contributed by atoms with Gasteiger partial charge < -0.3 is 15.4 Å². The monoisotopic (exact) mass is 459 g/mol. The first-order valence-electron chi connectivity index (χ1n) is 10.6. The number of carbonyl (C=O) groups excluding carboxylic acids is 3. The highest BCUT2D eigenvalue weighted by atomic mass is 19.1. The number of rotatable bonds is 7. The van der Waals surface area contributed by atoms with Gasteiger partial charge in [-0.15, -0.1) is 0 Å². The molecule has 2 N–H and O–H groups in total. The van der Waals surface area contributed by atoms with E-state index in [0.29, 0.717) is 17.0 Å². The zero-order valence-electron chi connectivity index (χ0n) is 18.4. The van der Waals surface area contributed by atoms with Gasteiger partial charge in [0.15, 0.2) is 0 Å². The fourth-order valence-corrected chi connectivity index (χ4v) is 3.32. The molecule has 7 nitrogen and oxygen atoms in total. The van der Waals surface area contributed by atoms with E-state index in [1.54, 1.807) is 48.5 Å². The van der Waals surface area contributed by atoms with Crippen LogP contribution in [-0.4, -0.2) is 29.3 Å². The summed E-state index contributed by atoms with van der Waals surface area (Å²) in [4.78, 5) is 38.3. The number of ether oxygens (including phenoxy) is 1. The molecule has 0 radical (unpaired) electrons. The zero-order valence-corrected chi connectivity index (χ0v) is 18.4. The summed E-state index contributed by atoms with van der Waals surface area (Å²) in [5.74, 6) is -0.951. The summed E-state index contributed by atoms with van der Waals surface area (Å²) in [5, 5.41) is 5.18. The van der Waals surface area contributed by atoms with Gasteiger partial charge in [-0.1, -0.05) is 48.0 Å². The molecule has 8 heteroatoms. The number of carbonyl (C=O) groups is 3. The molecule has 0 aliphatic carbocycles. The molecule has 34 heavy (non-hydrogen) atoms. The molecule has 0 aromatic heterocycles. The van der Waals surface area contributed by atoms with Crippen LogP contribution in [0.25, 0.3) is 6.08 Å². The number of hydrogen-bond donors (Lipinski definition) is 2. The Morgan fingerprint density at radius 2 is 1.74 bits per heavy atom. The molecule has 0 bridgehead atoms. The second-order valence-corrected chi connectivity index (χ2v) is 7.75. The molecule has 0 unspecified atom stereocenters. The number of para-hydroxylation sites is 1. The Labute approximate surface area is 195 Å². The van der Waals surface area contributed by atoms with E-state index >= 15 is 0 Å². The van der Waals surface area contributed by atoms with Gasteiger partial charge in [-0.2, -0.15) is 0 Å². The molecule has 0 spiro atoms. The Bertz CT molecular complexity index is 1250. The number of imide groups is 1. The van der Waals surface area contributed by atoms with Crippen molar-refractivity contribution in [2.45, 2.75) is 13.5 Å². The van der Waals surface area contributed by atoms with E-state index in [2.05, 4.69) is 10.6 Å². The van der Waals surface area contributed by atoms with E-state index in [4.69, 9.17) is 4.74 Å². The standard InChI is InChI=1S/C26H22FN3O4/c1-17-6-12-21(13-7-17)28-24(31)15-30-25(32)22(29-26(30)33)14-19-4-2-3-5-23(19)34-16-18-8-10-20(27)11-9-18/h2-14H,15-16H2,1H3,(H,28,31)(H,29,33). The molecule has 1 aliphatic rings. The molecule has 0 atom stereocenters. The molecule has 3 aromatic carbocycles. The van der Waals surface area contributed by atoms with Crippen molar-refractivity contribution in [3.05, 3.63) is 101 Å². The van der Waals surface area contributed by atoms with Crippen molar-refractivity contribution in [1.29, 1.82) is 0 Å². The van der Waals surface area contributed by atoms with E-state index in [0.717, 1.165) is 16.0 Å². The highest BCUT2D eigenvalue weighted by Gasteiger charge is 2.35. The fourth-order valence-electron chi connectivity index (χ4n) is 3.32. The summed E-state index contributed by atoms with van der Waals surface area (Å²) in [6.07, 6.45) is 1.50. The minimum absolute atomic E-state index is 0.0333. The van der Waals surface area contributed by atoms with Gasteiger partial charge in [-0.3, -0.25) is 9.59 Å². The smallest absolute Gasteiger partial charge is 0.329 e. The van der Waals surface area contributed by atoms with Gasteiger partial charge in [0.25, 0.3) is 5.91 Å². The Balaban J connectivity index is 1.44. The first kappa shape index (κ1) is 22.7. The number of urea groups is 1. The van der Waals surface area contributed by atoms with Gasteiger partial charge in [-0.25, -0.2) is 14.1 Å². The van der Waals surface area contributed by atoms with Crippen LogP contribution in [0.1, 0.15) is 16.7 Å². The molecule has 4 rings (SSSR count). The first-order valence-corrected chi connectivity index (χ1v) is 10.6. The molecule has 1 fully saturated rings. The third-order valence-corrected chi connectivity index (χ3v) is 5.13. The predicted molar refractivity (Wildman–Crippen MR) is 125 cm³/mol. The van der Waals surface area contributed by atoms with Gasteiger partial charge >= 0.3 is 6.03 Å². The maximum atomic E-state index is 13.1. The van der Waals surface area contributed by atoms with Crippen LogP contribution < -0.4 is 15.4 Å². The summed E-state index contributed by atoms with van der Waals surface area (Å²) < 4.78 is 18.9. The molecular formula is C26H22FN3O4. The highest BCUT2D eigenvalue weighted by molar-refractivity contribution is 6.16. The third-order valence-electron chi connectivity index (χ3n) is 5.13. The van der Waals surface area contributed by atoms with E-state index in [9.17, 15) is 18.8 Å². The predicted octanol–water partition coefficient (Wildman–Crippen LogP) is 4.24. The number of hydrogen-bond acceptors (Lipinski definition) is 4. The Kier molecular flexibility index (Phi) is 6.68. The van der Waals surface area contributed by atoms with E-state index in [-0.39, 0.29) is 18.1 Å². The van der Waals surface area contributed by atoms with Crippen molar-refractivity contribution in [1.82, 2.24) is 10.2 Å². The SMILES string of the molecule is Cc1ccc(NC(=O)CN2C(=O)NC(=Cc3ccccc3OCc3ccc(F)cc3)C2=O)cc1. The van der Waals surface area contributed by atoms with Crippen molar-refractivity contribution in [2.75, 3.05) is 11.9 Å². The zero-order chi connectivity index (χ0) is 24.1. The Hall–Kier alpha value is -4.46. The van der Waals surface area contributed by atoms with Crippen LogP contribution >= 0.6 is 0 Å². The van der Waals surface area contributed by atoms with Gasteiger partial charge in [0.2, 0.25) is 5.91 Å². The summed E-state index contributed by atoms with van der Waals surface area (Å²) in [6, 6.07) is 19.5. The van der Waals surface area contributed by atoms with Crippen LogP contribution in [0.15, 0.2) is 78.5 Å². The van der Waals surface area contributed by atoms with Crippen molar-refractivity contribution >= 4 is 29.6 Å². The lowest BCUT2D eigenvalue weighted by Crippen LogP contribution is -2.38. The normalized spacial score (nSPS) is 14.3. The topological polar surface area (TPSA) is 87.7 Å². The van der Waals surface area contributed by atoms with Gasteiger partial charge in [0.1, 0.15) is 30.4 Å². The Morgan fingerprint density at radius 3 is 2.47 bits per heavy atom. The lowest BCUT2D eigenvalue weighted by molar-refractivity contribution is -0.127. The van der Waals surface area contributed by atoms with Crippen molar-refractivity contribution < 1.29 is 23.5 Å². The average Bonchev–Trinajstić information content (AvgIpc) is 3.08. The number of anilines is 1. The van der Waals surface area contributed by atoms with Crippen molar-refractivity contribution in [3.8, 4) is 5.75 Å². The Morgan fingerprint density at radius 1 is 1.03 bits per heavy atom. The molecule has 1 saturated heterocycles. The number of benzene rings is 3. The number of nitrogens with one attached hydrogen (secondary N) is 2. The summed E-state index contributed by atoms with van der Waals surface area (Å²) in [5.41, 5.74) is 3.00. The number of aryl methyl sites for hydroxylation is 1. The first-order chi connectivity index (χ1) is 16.4. The lowest BCUT2D eigenvalue weighted by atomic mass is 10.1. The van der Waals surface area contributed by atoms with Crippen LogP contribution in [-0.2, 0) is 16.2 Å². The molecule has 4 amide bonds. The minimum Gasteiger partial charge on any atom is -0.488 e. The van der Waals surface area contributed by atoms with Crippen molar-refractivity contribution in [2.24, 2.45) is 0 Å². The van der Waals surface area contributed by atoms with Crippen LogP contribution in [0.3, 0.4) is 0 Å². The third kappa shape index (κ3) is 5.47. The maximum absolute atomic E-state index is 13.1. The van der Waals surface area contributed by atoms with Gasteiger partial charge in [0.05, 0.1) is 0 Å². The highest BCUT2D eigenvalue weighted by Crippen LogP contribution is 2.24. The minimum atomic E-state index is -0.681. The number of amides is 4. The van der Waals surface area contributed by atoms with Gasteiger partial charge in [-0.05, 0) is 48.9 Å². The van der Waals surface area contributed by atoms with Crippen LogP contribution in [0.2, 0.25) is 0 Å². The second-order valence-electron chi connectivity index (χ2n) is 7.75. The number of halogens is 1. The van der Waals surface area contributed by atoms with Crippen LogP contribution in [0, 0.1) is 12.7 Å². The quantitative estimate of drug-likeness (QED) is 0.409. The molecule has 3 aromatic rings. The lowest BCUT2D eigenvalue weighted by Gasteiger charge is -2.12. The largest absolute Gasteiger partial charge is 0.488 e. The van der Waals surface area contributed by atoms with Crippen LogP contribution in [0.4, 0.5) is 14.9 Å². The van der Waals surface area contributed by atoms with Gasteiger partial charge in [0, 0.05) is 11.3 Å². The van der Waals surface area contributed by atoms with E-state index in [1.165, 1.54) is 18.2 Å².